The highest BCUT2D eigenvalue weighted by atomic mass is 32.2. The number of fused-ring (bicyclic) bond motifs is 1. The second-order valence-electron chi connectivity index (χ2n) is 5.82. The molecule has 1 unspecified atom stereocenters. The predicted octanol–water partition coefficient (Wildman–Crippen LogP) is 1.31. The van der Waals surface area contributed by atoms with Crippen molar-refractivity contribution in [2.24, 2.45) is 0 Å². The number of likely N-dealkylation sites (N-methyl/N-ethyl adjacent to an activating group) is 1. The molecule has 0 fully saturated rings. The third kappa shape index (κ3) is 4.12. The van der Waals surface area contributed by atoms with E-state index in [0.717, 1.165) is 11.5 Å². The van der Waals surface area contributed by atoms with Crippen molar-refractivity contribution in [3.05, 3.63) is 42.1 Å². The van der Waals surface area contributed by atoms with Crippen molar-refractivity contribution in [2.75, 3.05) is 35.8 Å². The van der Waals surface area contributed by atoms with Crippen LogP contribution in [0, 0.1) is 0 Å². The molecule has 1 aromatic carbocycles. The van der Waals surface area contributed by atoms with Gasteiger partial charge in [0, 0.05) is 18.6 Å². The monoisotopic (exact) mass is 371 g/mol. The third-order valence-corrected chi connectivity index (χ3v) is 5.14. The van der Waals surface area contributed by atoms with E-state index in [4.69, 9.17) is 11.5 Å². The quantitative estimate of drug-likeness (QED) is 0.563. The van der Waals surface area contributed by atoms with Crippen LogP contribution in [-0.2, 0) is 5.75 Å². The fourth-order valence-electron chi connectivity index (χ4n) is 2.47. The molecule has 3 aromatic rings. The zero-order valence-corrected chi connectivity index (χ0v) is 15.2. The smallest absolute Gasteiger partial charge is 0.224 e. The van der Waals surface area contributed by atoms with Crippen LogP contribution < -0.4 is 16.4 Å². The number of nitrogens with zero attached hydrogens (tertiary/aromatic N) is 5. The van der Waals surface area contributed by atoms with Crippen LogP contribution in [0.25, 0.3) is 11.2 Å². The Balaban J connectivity index is 1.71. The summed E-state index contributed by atoms with van der Waals surface area (Å²) in [6, 6.07) is 10.1. The summed E-state index contributed by atoms with van der Waals surface area (Å²) in [4.78, 5) is 18.6. The largest absolute Gasteiger partial charge is 0.394 e. The van der Waals surface area contributed by atoms with Gasteiger partial charge in [-0.05, 0) is 5.56 Å². The normalized spacial score (nSPS) is 12.2. The van der Waals surface area contributed by atoms with Gasteiger partial charge in [0.05, 0.1) is 18.8 Å². The van der Waals surface area contributed by atoms with E-state index in [1.807, 2.05) is 30.1 Å². The van der Waals surface area contributed by atoms with Crippen molar-refractivity contribution < 1.29 is 5.11 Å². The van der Waals surface area contributed by atoms with Crippen molar-refractivity contribution in [3.63, 3.8) is 0 Å². The highest BCUT2D eigenvalue weighted by molar-refractivity contribution is 7.98. The van der Waals surface area contributed by atoms with E-state index in [1.54, 1.807) is 18.0 Å². The number of hydrogen-bond donors (Lipinski definition) is 3. The van der Waals surface area contributed by atoms with E-state index in [0.29, 0.717) is 17.0 Å². The topological polar surface area (TPSA) is 127 Å². The summed E-state index contributed by atoms with van der Waals surface area (Å²) >= 11 is 1.76. The molecule has 1 atom stereocenters. The van der Waals surface area contributed by atoms with Crippen LogP contribution in [0.5, 0.6) is 0 Å². The predicted molar refractivity (Wildman–Crippen MR) is 106 cm³/mol. The number of nitrogens with two attached hydrogens (primary N) is 2. The van der Waals surface area contributed by atoms with Gasteiger partial charge in [0.25, 0.3) is 0 Å². The number of aliphatic hydroxyl groups is 1. The molecule has 2 aromatic heterocycles. The molecule has 5 N–H and O–H groups in total. The molecule has 0 bridgehead atoms. The lowest BCUT2D eigenvalue weighted by Crippen LogP contribution is -2.37. The molecule has 9 heteroatoms. The number of anilines is 3. The lowest BCUT2D eigenvalue weighted by atomic mass is 10.2. The average Bonchev–Trinajstić information content (AvgIpc) is 2.65. The van der Waals surface area contributed by atoms with E-state index < -0.39 is 0 Å². The summed E-state index contributed by atoms with van der Waals surface area (Å²) in [7, 11) is 1.87. The zero-order chi connectivity index (χ0) is 18.5. The molecule has 0 radical (unpaired) electrons. The molecule has 3 rings (SSSR count). The van der Waals surface area contributed by atoms with E-state index in [2.05, 4.69) is 32.1 Å². The molecule has 8 nitrogen and oxygen atoms in total. The summed E-state index contributed by atoms with van der Waals surface area (Å²) < 4.78 is 0. The first-order chi connectivity index (χ1) is 12.6. The summed E-state index contributed by atoms with van der Waals surface area (Å²) in [5, 5.41) is 9.79. The maximum Gasteiger partial charge on any atom is 0.224 e. The van der Waals surface area contributed by atoms with Gasteiger partial charge in [-0.25, -0.2) is 9.97 Å². The number of rotatable bonds is 7. The van der Waals surface area contributed by atoms with Crippen LogP contribution >= 0.6 is 11.8 Å². The van der Waals surface area contributed by atoms with Gasteiger partial charge in [-0.3, -0.25) is 0 Å². The molecule has 0 aliphatic heterocycles. The Labute approximate surface area is 155 Å². The highest BCUT2D eigenvalue weighted by Gasteiger charge is 2.17. The van der Waals surface area contributed by atoms with Crippen LogP contribution in [0.3, 0.4) is 0 Å². The number of hydrogen-bond acceptors (Lipinski definition) is 9. The Bertz CT molecular complexity index is 878. The third-order valence-electron chi connectivity index (χ3n) is 3.98. The number of aromatic nitrogens is 4. The lowest BCUT2D eigenvalue weighted by Gasteiger charge is -2.27. The molecule has 26 heavy (non-hydrogen) atoms. The zero-order valence-electron chi connectivity index (χ0n) is 14.4. The minimum absolute atomic E-state index is 0.00601. The summed E-state index contributed by atoms with van der Waals surface area (Å²) in [6.07, 6.45) is 1.60. The van der Waals surface area contributed by atoms with Crippen LogP contribution in [-0.4, -0.2) is 50.5 Å². The number of benzene rings is 1. The Morgan fingerprint density at radius 2 is 1.92 bits per heavy atom. The molecule has 0 saturated carbocycles. The van der Waals surface area contributed by atoms with Crippen molar-refractivity contribution >= 4 is 40.5 Å². The molecule has 0 aliphatic carbocycles. The van der Waals surface area contributed by atoms with Gasteiger partial charge in [-0.1, -0.05) is 30.3 Å². The Morgan fingerprint density at radius 1 is 1.15 bits per heavy atom. The summed E-state index contributed by atoms with van der Waals surface area (Å²) in [5.74, 6) is 2.48. The molecule has 136 valence electrons. The SMILES string of the molecule is CN(c1cnc2c(N)nc(N)nc2n1)C(CO)CSCc1ccccc1. The lowest BCUT2D eigenvalue weighted by molar-refractivity contribution is 0.271. The van der Waals surface area contributed by atoms with Crippen LogP contribution in [0.15, 0.2) is 36.5 Å². The minimum atomic E-state index is -0.105. The molecule has 2 heterocycles. The first-order valence-corrected chi connectivity index (χ1v) is 9.25. The van der Waals surface area contributed by atoms with E-state index in [-0.39, 0.29) is 24.4 Å². The van der Waals surface area contributed by atoms with Crippen molar-refractivity contribution in [3.8, 4) is 0 Å². The van der Waals surface area contributed by atoms with E-state index in [9.17, 15) is 5.11 Å². The second kappa shape index (κ2) is 8.15. The van der Waals surface area contributed by atoms with Crippen LogP contribution in [0.4, 0.5) is 17.6 Å². The fraction of sp³-hybridized carbons (Fsp3) is 0.294. The van der Waals surface area contributed by atoms with Gasteiger partial charge in [-0.2, -0.15) is 21.7 Å². The highest BCUT2D eigenvalue weighted by Crippen LogP contribution is 2.21. The average molecular weight is 371 g/mol. The van der Waals surface area contributed by atoms with Gasteiger partial charge in [-0.15, -0.1) is 0 Å². The maximum atomic E-state index is 9.79. The van der Waals surface area contributed by atoms with Crippen molar-refractivity contribution in [1.82, 2.24) is 19.9 Å². The Hall–Kier alpha value is -2.65. The van der Waals surface area contributed by atoms with Gasteiger partial charge in [0.2, 0.25) is 5.95 Å². The molecular formula is C17H21N7OS. The number of thioether (sulfide) groups is 1. The number of nitrogen functional groups attached to an aromatic ring is 2. The van der Waals surface area contributed by atoms with Gasteiger partial charge in [0.1, 0.15) is 5.82 Å². The minimum Gasteiger partial charge on any atom is -0.394 e. The first-order valence-electron chi connectivity index (χ1n) is 8.09. The Morgan fingerprint density at radius 3 is 2.65 bits per heavy atom. The molecule has 0 spiro atoms. The van der Waals surface area contributed by atoms with Crippen molar-refractivity contribution in [2.45, 2.75) is 11.8 Å². The standard InChI is InChI=1S/C17H21N7OS/c1-24(12(8-25)10-26-9-11-5-3-2-4-6-11)13-7-20-14-15(18)22-17(19)23-16(14)21-13/h2-7,12,25H,8-10H2,1H3,(H4,18,19,21,22,23). The Kier molecular flexibility index (Phi) is 5.69. The summed E-state index contributed by atoms with van der Waals surface area (Å²) in [6.45, 7) is 0.00601. The van der Waals surface area contributed by atoms with Gasteiger partial charge in [0.15, 0.2) is 17.0 Å². The van der Waals surface area contributed by atoms with Crippen molar-refractivity contribution in [1.29, 1.82) is 0 Å². The van der Waals surface area contributed by atoms with Gasteiger partial charge >= 0.3 is 0 Å². The first kappa shape index (κ1) is 18.2. The second-order valence-corrected chi connectivity index (χ2v) is 6.85. The van der Waals surface area contributed by atoms with E-state index in [1.165, 1.54) is 5.56 Å². The number of aliphatic hydroxyl groups excluding tert-OH is 1. The van der Waals surface area contributed by atoms with E-state index >= 15 is 0 Å². The molecular weight excluding hydrogens is 350 g/mol. The molecule has 0 saturated heterocycles. The van der Waals surface area contributed by atoms with Crippen LogP contribution in [0.1, 0.15) is 5.56 Å². The maximum absolute atomic E-state index is 9.79. The molecule has 0 amide bonds. The fourth-order valence-corrected chi connectivity index (χ4v) is 3.62. The molecule has 0 aliphatic rings. The van der Waals surface area contributed by atoms with Crippen LogP contribution in [0.2, 0.25) is 0 Å². The van der Waals surface area contributed by atoms with Gasteiger partial charge < -0.3 is 21.5 Å². The summed E-state index contributed by atoms with van der Waals surface area (Å²) in [5.41, 5.74) is 13.4.